The van der Waals surface area contributed by atoms with Gasteiger partial charge in [0.1, 0.15) is 5.75 Å². The normalized spacial score (nSPS) is 19.9. The maximum atomic E-state index is 6.15. The summed E-state index contributed by atoms with van der Waals surface area (Å²) in [6, 6.07) is 7.56. The summed E-state index contributed by atoms with van der Waals surface area (Å²) in [5.41, 5.74) is 0. The summed E-state index contributed by atoms with van der Waals surface area (Å²) in [6.45, 7) is 4.38. The first-order valence-electron chi connectivity index (χ1n) is 10.1. The zero-order valence-electron chi connectivity index (χ0n) is 16.1. The molecule has 0 N–H and O–H groups in total. The molecule has 4 rings (SSSR count). The van der Waals surface area contributed by atoms with Crippen LogP contribution >= 0.6 is 23.4 Å². The number of hydrogen-bond acceptors (Lipinski definition) is 6. The van der Waals surface area contributed by atoms with Crippen molar-refractivity contribution in [2.75, 3.05) is 37.0 Å². The van der Waals surface area contributed by atoms with Crippen molar-refractivity contribution >= 4 is 29.3 Å². The SMILES string of the molecule is Clc1ccccc1OCCSc1nnc(N2CCCCC2)n1CC1CCCO1. The summed E-state index contributed by atoms with van der Waals surface area (Å²) in [5.74, 6) is 2.50. The molecule has 8 heteroatoms. The molecule has 1 aromatic carbocycles. The summed E-state index contributed by atoms with van der Waals surface area (Å²) in [7, 11) is 0. The first-order chi connectivity index (χ1) is 13.8. The summed E-state index contributed by atoms with van der Waals surface area (Å²) in [6.07, 6.45) is 6.26. The molecule has 1 aromatic heterocycles. The molecule has 2 aromatic rings. The zero-order chi connectivity index (χ0) is 19.2. The molecule has 1 atom stereocenters. The molecule has 0 amide bonds. The molecule has 6 nitrogen and oxygen atoms in total. The largest absolute Gasteiger partial charge is 0.491 e. The Balaban J connectivity index is 1.40. The van der Waals surface area contributed by atoms with E-state index in [4.69, 9.17) is 21.1 Å². The van der Waals surface area contributed by atoms with E-state index in [9.17, 15) is 0 Å². The highest BCUT2D eigenvalue weighted by molar-refractivity contribution is 7.99. The molecule has 2 fully saturated rings. The Morgan fingerprint density at radius 1 is 1.14 bits per heavy atom. The summed E-state index contributed by atoms with van der Waals surface area (Å²) < 4.78 is 13.9. The van der Waals surface area contributed by atoms with Gasteiger partial charge in [0.2, 0.25) is 5.95 Å². The molecule has 0 saturated carbocycles. The van der Waals surface area contributed by atoms with Crippen molar-refractivity contribution in [3.8, 4) is 5.75 Å². The van der Waals surface area contributed by atoms with Crippen LogP contribution in [0.2, 0.25) is 5.02 Å². The molecule has 0 bridgehead atoms. The van der Waals surface area contributed by atoms with Crippen molar-refractivity contribution in [3.05, 3.63) is 29.3 Å². The molecule has 1 unspecified atom stereocenters. The Bertz CT molecular complexity index is 760. The van der Waals surface area contributed by atoms with E-state index in [0.717, 1.165) is 61.7 Å². The van der Waals surface area contributed by atoms with Gasteiger partial charge in [-0.05, 0) is 44.2 Å². The van der Waals surface area contributed by atoms with Gasteiger partial charge in [0.15, 0.2) is 5.16 Å². The van der Waals surface area contributed by atoms with Gasteiger partial charge in [-0.2, -0.15) is 0 Å². The lowest BCUT2D eigenvalue weighted by atomic mass is 10.1. The molecular weight excluding hydrogens is 396 g/mol. The van der Waals surface area contributed by atoms with Crippen molar-refractivity contribution in [2.45, 2.75) is 49.9 Å². The van der Waals surface area contributed by atoms with Crippen molar-refractivity contribution in [2.24, 2.45) is 0 Å². The third-order valence-electron chi connectivity index (χ3n) is 5.16. The van der Waals surface area contributed by atoms with Gasteiger partial charge in [0.05, 0.1) is 24.3 Å². The van der Waals surface area contributed by atoms with Crippen LogP contribution in [0.15, 0.2) is 29.4 Å². The van der Waals surface area contributed by atoms with Crippen molar-refractivity contribution in [1.29, 1.82) is 0 Å². The van der Waals surface area contributed by atoms with Gasteiger partial charge in [-0.15, -0.1) is 10.2 Å². The van der Waals surface area contributed by atoms with Crippen LogP contribution in [-0.4, -0.2) is 52.9 Å². The molecule has 2 saturated heterocycles. The number of ether oxygens (including phenoxy) is 2. The van der Waals surface area contributed by atoms with Crippen LogP contribution in [0.5, 0.6) is 5.75 Å². The van der Waals surface area contributed by atoms with Crippen LogP contribution < -0.4 is 9.64 Å². The quantitative estimate of drug-likeness (QED) is 0.467. The number of rotatable bonds is 8. The van der Waals surface area contributed by atoms with E-state index in [-0.39, 0.29) is 6.10 Å². The van der Waals surface area contributed by atoms with Gasteiger partial charge in [0, 0.05) is 25.4 Å². The maximum absolute atomic E-state index is 6.15. The maximum Gasteiger partial charge on any atom is 0.228 e. The number of anilines is 1. The van der Waals surface area contributed by atoms with E-state index in [0.29, 0.717) is 11.6 Å². The molecule has 2 aliphatic heterocycles. The highest BCUT2D eigenvalue weighted by atomic mass is 35.5. The predicted molar refractivity (Wildman–Crippen MR) is 113 cm³/mol. The number of para-hydroxylation sites is 1. The molecule has 28 heavy (non-hydrogen) atoms. The highest BCUT2D eigenvalue weighted by Crippen LogP contribution is 2.28. The van der Waals surface area contributed by atoms with Crippen LogP contribution in [-0.2, 0) is 11.3 Å². The molecule has 0 radical (unpaired) electrons. The first kappa shape index (κ1) is 19.9. The second kappa shape index (κ2) is 9.85. The fraction of sp³-hybridized carbons (Fsp3) is 0.600. The summed E-state index contributed by atoms with van der Waals surface area (Å²) in [5, 5.41) is 10.6. The number of hydrogen-bond donors (Lipinski definition) is 0. The molecule has 2 aliphatic rings. The van der Waals surface area contributed by atoms with Crippen LogP contribution in [0.3, 0.4) is 0 Å². The fourth-order valence-corrected chi connectivity index (χ4v) is 4.66. The minimum absolute atomic E-state index is 0.262. The Hall–Kier alpha value is -1.44. The molecule has 3 heterocycles. The van der Waals surface area contributed by atoms with Crippen molar-refractivity contribution in [3.63, 3.8) is 0 Å². The van der Waals surface area contributed by atoms with E-state index in [1.165, 1.54) is 19.3 Å². The van der Waals surface area contributed by atoms with Crippen molar-refractivity contribution in [1.82, 2.24) is 14.8 Å². The lowest BCUT2D eigenvalue weighted by molar-refractivity contribution is 0.0951. The molecule has 0 spiro atoms. The smallest absolute Gasteiger partial charge is 0.228 e. The second-order valence-electron chi connectivity index (χ2n) is 7.20. The van der Waals surface area contributed by atoms with Crippen LogP contribution in [0.4, 0.5) is 5.95 Å². The predicted octanol–water partition coefficient (Wildman–Crippen LogP) is 4.27. The first-order valence-corrected chi connectivity index (χ1v) is 11.5. The lowest BCUT2D eigenvalue weighted by Crippen LogP contribution is -2.33. The number of benzene rings is 1. The van der Waals surface area contributed by atoms with Crippen LogP contribution in [0, 0.1) is 0 Å². The zero-order valence-corrected chi connectivity index (χ0v) is 17.6. The van der Waals surface area contributed by atoms with Gasteiger partial charge in [-0.1, -0.05) is 35.5 Å². The number of piperidine rings is 1. The summed E-state index contributed by atoms with van der Waals surface area (Å²) in [4.78, 5) is 2.37. The fourth-order valence-electron chi connectivity index (χ4n) is 3.71. The van der Waals surface area contributed by atoms with Crippen molar-refractivity contribution < 1.29 is 9.47 Å². The third kappa shape index (κ3) is 4.93. The average Bonchev–Trinajstić information content (AvgIpc) is 3.38. The van der Waals surface area contributed by atoms with E-state index in [2.05, 4.69) is 19.7 Å². The third-order valence-corrected chi connectivity index (χ3v) is 6.40. The van der Waals surface area contributed by atoms with Gasteiger partial charge >= 0.3 is 0 Å². The number of aromatic nitrogens is 3. The highest BCUT2D eigenvalue weighted by Gasteiger charge is 2.24. The number of nitrogens with zero attached hydrogens (tertiary/aromatic N) is 4. The van der Waals surface area contributed by atoms with E-state index in [1.54, 1.807) is 11.8 Å². The number of thioether (sulfide) groups is 1. The van der Waals surface area contributed by atoms with E-state index >= 15 is 0 Å². The monoisotopic (exact) mass is 422 g/mol. The van der Waals surface area contributed by atoms with Gasteiger partial charge in [0.25, 0.3) is 0 Å². The second-order valence-corrected chi connectivity index (χ2v) is 8.67. The van der Waals surface area contributed by atoms with Gasteiger partial charge in [-0.3, -0.25) is 4.57 Å². The van der Waals surface area contributed by atoms with Crippen LogP contribution in [0.25, 0.3) is 0 Å². The Morgan fingerprint density at radius 3 is 2.79 bits per heavy atom. The minimum atomic E-state index is 0.262. The Labute approximate surface area is 175 Å². The van der Waals surface area contributed by atoms with Gasteiger partial charge in [-0.25, -0.2) is 0 Å². The molecule has 152 valence electrons. The van der Waals surface area contributed by atoms with E-state index < -0.39 is 0 Å². The van der Waals surface area contributed by atoms with Crippen LogP contribution in [0.1, 0.15) is 32.1 Å². The van der Waals surface area contributed by atoms with Gasteiger partial charge < -0.3 is 14.4 Å². The Morgan fingerprint density at radius 2 is 2.00 bits per heavy atom. The molecule has 0 aliphatic carbocycles. The molecular formula is C20H27ClN4O2S. The van der Waals surface area contributed by atoms with E-state index in [1.807, 2.05) is 24.3 Å². The lowest BCUT2D eigenvalue weighted by Gasteiger charge is -2.28. The average molecular weight is 423 g/mol. The minimum Gasteiger partial charge on any atom is -0.491 e. The Kier molecular flexibility index (Phi) is 6.99. The summed E-state index contributed by atoms with van der Waals surface area (Å²) >= 11 is 7.83. The topological polar surface area (TPSA) is 52.4 Å². The number of halogens is 1. The standard InChI is InChI=1S/C20H27ClN4O2S/c21-17-8-2-3-9-18(17)27-13-14-28-20-23-22-19(24-10-4-1-5-11-24)25(20)15-16-7-6-12-26-16/h2-3,8-9,16H,1,4-7,10-15H2.